The first kappa shape index (κ1) is 13.1. The number of benzene rings is 1. The second-order valence-corrected chi connectivity index (χ2v) is 4.54. The molecule has 1 heterocycles. The second kappa shape index (κ2) is 5.56. The summed E-state index contributed by atoms with van der Waals surface area (Å²) in [5.74, 6) is 1.42. The predicted octanol–water partition coefficient (Wildman–Crippen LogP) is 2.64. The van der Waals surface area contributed by atoms with Crippen LogP contribution in [0.15, 0.2) is 30.5 Å². The van der Waals surface area contributed by atoms with Crippen LogP contribution >= 0.6 is 0 Å². The van der Waals surface area contributed by atoms with Crippen LogP contribution < -0.4 is 15.5 Å². The molecule has 0 bridgehead atoms. The zero-order chi connectivity index (χ0) is 13.8. The highest BCUT2D eigenvalue weighted by molar-refractivity contribution is 5.65. The Balaban J connectivity index is 2.28. The van der Waals surface area contributed by atoms with Crippen molar-refractivity contribution in [2.45, 2.75) is 6.92 Å². The van der Waals surface area contributed by atoms with Crippen molar-refractivity contribution in [2.24, 2.45) is 0 Å². The summed E-state index contributed by atoms with van der Waals surface area (Å²) in [7, 11) is 5.85. The molecule has 19 heavy (non-hydrogen) atoms. The van der Waals surface area contributed by atoms with Crippen LogP contribution in [0.2, 0.25) is 0 Å². The molecular weight excluding hydrogens is 238 g/mol. The summed E-state index contributed by atoms with van der Waals surface area (Å²) >= 11 is 0. The van der Waals surface area contributed by atoms with Crippen LogP contribution in [0.4, 0.5) is 23.1 Å². The Hall–Kier alpha value is -2.30. The maximum absolute atomic E-state index is 4.41. The van der Waals surface area contributed by atoms with Crippen LogP contribution in [0.5, 0.6) is 0 Å². The maximum atomic E-state index is 4.41. The average Bonchev–Trinajstić information content (AvgIpc) is 2.41. The SMILES string of the molecule is CNc1ncc(C)c(Nc2cccc(N(C)C)c2)n1. The van der Waals surface area contributed by atoms with E-state index in [1.54, 1.807) is 13.2 Å². The maximum Gasteiger partial charge on any atom is 0.224 e. The lowest BCUT2D eigenvalue weighted by Crippen LogP contribution is -2.09. The number of hydrogen-bond donors (Lipinski definition) is 2. The van der Waals surface area contributed by atoms with Gasteiger partial charge in [0.2, 0.25) is 5.95 Å². The Morgan fingerprint density at radius 1 is 1.21 bits per heavy atom. The number of hydrogen-bond acceptors (Lipinski definition) is 5. The minimum atomic E-state index is 0.608. The molecule has 0 atom stereocenters. The zero-order valence-electron chi connectivity index (χ0n) is 11.7. The number of nitrogens with one attached hydrogen (secondary N) is 2. The Bertz CT molecular complexity index is 566. The van der Waals surface area contributed by atoms with E-state index in [1.807, 2.05) is 33.2 Å². The summed E-state index contributed by atoms with van der Waals surface area (Å²) in [6, 6.07) is 8.19. The number of nitrogens with zero attached hydrogens (tertiary/aromatic N) is 3. The molecule has 0 spiro atoms. The number of aromatic nitrogens is 2. The summed E-state index contributed by atoms with van der Waals surface area (Å²) in [6.45, 7) is 1.98. The fraction of sp³-hybridized carbons (Fsp3) is 0.286. The van der Waals surface area contributed by atoms with Crippen molar-refractivity contribution >= 4 is 23.1 Å². The van der Waals surface area contributed by atoms with Gasteiger partial charge in [0.15, 0.2) is 0 Å². The van der Waals surface area contributed by atoms with Crippen molar-refractivity contribution in [3.63, 3.8) is 0 Å². The van der Waals surface area contributed by atoms with Gasteiger partial charge < -0.3 is 15.5 Å². The third kappa shape index (κ3) is 3.13. The van der Waals surface area contributed by atoms with E-state index in [2.05, 4.69) is 37.6 Å². The van der Waals surface area contributed by atoms with Crippen LogP contribution in [-0.4, -0.2) is 31.1 Å². The van der Waals surface area contributed by atoms with Gasteiger partial charge in [0.1, 0.15) is 5.82 Å². The highest BCUT2D eigenvalue weighted by atomic mass is 15.1. The summed E-state index contributed by atoms with van der Waals surface area (Å²) in [6.07, 6.45) is 1.80. The van der Waals surface area contributed by atoms with Gasteiger partial charge in [0.05, 0.1) is 0 Å². The van der Waals surface area contributed by atoms with Crippen LogP contribution in [0, 0.1) is 6.92 Å². The van der Waals surface area contributed by atoms with Gasteiger partial charge in [-0.15, -0.1) is 0 Å². The van der Waals surface area contributed by atoms with Crippen LogP contribution in [-0.2, 0) is 0 Å². The standard InChI is InChI=1S/C14H19N5/c1-10-9-16-14(15-2)18-13(10)17-11-6-5-7-12(8-11)19(3)4/h5-9H,1-4H3,(H2,15,16,17,18). The zero-order valence-corrected chi connectivity index (χ0v) is 11.7. The van der Waals surface area contributed by atoms with Gasteiger partial charge in [0, 0.05) is 44.3 Å². The lowest BCUT2D eigenvalue weighted by Gasteiger charge is -2.15. The molecule has 2 N–H and O–H groups in total. The largest absolute Gasteiger partial charge is 0.378 e. The van der Waals surface area contributed by atoms with Crippen molar-refractivity contribution in [3.05, 3.63) is 36.0 Å². The number of aryl methyl sites for hydroxylation is 1. The van der Waals surface area contributed by atoms with E-state index in [-0.39, 0.29) is 0 Å². The van der Waals surface area contributed by atoms with E-state index in [9.17, 15) is 0 Å². The van der Waals surface area contributed by atoms with E-state index in [0.717, 1.165) is 22.8 Å². The molecule has 1 aromatic heterocycles. The molecule has 1 aromatic carbocycles. The molecule has 0 fully saturated rings. The summed E-state index contributed by atoms with van der Waals surface area (Å²) in [4.78, 5) is 10.7. The van der Waals surface area contributed by atoms with Gasteiger partial charge in [-0.1, -0.05) is 6.07 Å². The van der Waals surface area contributed by atoms with Gasteiger partial charge in [-0.05, 0) is 25.1 Å². The van der Waals surface area contributed by atoms with E-state index >= 15 is 0 Å². The average molecular weight is 257 g/mol. The molecule has 5 nitrogen and oxygen atoms in total. The molecule has 0 aliphatic heterocycles. The van der Waals surface area contributed by atoms with Crippen molar-refractivity contribution in [2.75, 3.05) is 36.7 Å². The van der Waals surface area contributed by atoms with Gasteiger partial charge >= 0.3 is 0 Å². The smallest absolute Gasteiger partial charge is 0.224 e. The second-order valence-electron chi connectivity index (χ2n) is 4.54. The fourth-order valence-corrected chi connectivity index (χ4v) is 1.69. The van der Waals surface area contributed by atoms with E-state index in [0.29, 0.717) is 5.95 Å². The summed E-state index contributed by atoms with van der Waals surface area (Å²) < 4.78 is 0. The molecule has 0 amide bonds. The van der Waals surface area contributed by atoms with E-state index in [1.165, 1.54) is 0 Å². The van der Waals surface area contributed by atoms with Gasteiger partial charge in [-0.3, -0.25) is 0 Å². The van der Waals surface area contributed by atoms with E-state index < -0.39 is 0 Å². The van der Waals surface area contributed by atoms with Gasteiger partial charge in [-0.2, -0.15) is 4.98 Å². The molecule has 0 unspecified atom stereocenters. The Labute approximate surface area is 113 Å². The summed E-state index contributed by atoms with van der Waals surface area (Å²) in [5.41, 5.74) is 3.16. The quantitative estimate of drug-likeness (QED) is 0.882. The van der Waals surface area contributed by atoms with Gasteiger partial charge in [-0.25, -0.2) is 4.98 Å². The normalized spacial score (nSPS) is 10.1. The molecule has 0 radical (unpaired) electrons. The number of anilines is 4. The first-order valence-corrected chi connectivity index (χ1v) is 6.16. The minimum Gasteiger partial charge on any atom is -0.378 e. The lowest BCUT2D eigenvalue weighted by molar-refractivity contribution is 1.12. The molecule has 0 saturated heterocycles. The molecule has 0 aliphatic rings. The third-order valence-electron chi connectivity index (χ3n) is 2.82. The molecular formula is C14H19N5. The molecule has 0 aliphatic carbocycles. The first-order valence-electron chi connectivity index (χ1n) is 6.16. The van der Waals surface area contributed by atoms with Gasteiger partial charge in [0.25, 0.3) is 0 Å². The van der Waals surface area contributed by atoms with Crippen molar-refractivity contribution in [3.8, 4) is 0 Å². The van der Waals surface area contributed by atoms with E-state index in [4.69, 9.17) is 0 Å². The molecule has 5 heteroatoms. The van der Waals surface area contributed by atoms with Crippen molar-refractivity contribution in [1.82, 2.24) is 9.97 Å². The monoisotopic (exact) mass is 257 g/mol. The molecule has 0 saturated carbocycles. The fourth-order valence-electron chi connectivity index (χ4n) is 1.69. The summed E-state index contributed by atoms with van der Waals surface area (Å²) in [5, 5.41) is 6.26. The Kier molecular flexibility index (Phi) is 3.85. The Morgan fingerprint density at radius 3 is 2.68 bits per heavy atom. The Morgan fingerprint density at radius 2 is 2.00 bits per heavy atom. The molecule has 2 aromatic rings. The number of rotatable bonds is 4. The highest BCUT2D eigenvalue weighted by Gasteiger charge is 2.04. The lowest BCUT2D eigenvalue weighted by atomic mass is 10.2. The predicted molar refractivity (Wildman–Crippen MR) is 80.4 cm³/mol. The molecule has 100 valence electrons. The minimum absolute atomic E-state index is 0.608. The van der Waals surface area contributed by atoms with Crippen LogP contribution in [0.25, 0.3) is 0 Å². The highest BCUT2D eigenvalue weighted by Crippen LogP contribution is 2.22. The first-order chi connectivity index (χ1) is 9.10. The third-order valence-corrected chi connectivity index (χ3v) is 2.82. The topological polar surface area (TPSA) is 53.1 Å². The molecule has 2 rings (SSSR count). The van der Waals surface area contributed by atoms with Crippen molar-refractivity contribution < 1.29 is 0 Å². The van der Waals surface area contributed by atoms with Crippen LogP contribution in [0.1, 0.15) is 5.56 Å². The van der Waals surface area contributed by atoms with Crippen molar-refractivity contribution in [1.29, 1.82) is 0 Å². The van der Waals surface area contributed by atoms with Crippen LogP contribution in [0.3, 0.4) is 0 Å².